The van der Waals surface area contributed by atoms with Gasteiger partial charge in [-0.2, -0.15) is 0 Å². The van der Waals surface area contributed by atoms with Gasteiger partial charge >= 0.3 is 5.91 Å². The van der Waals surface area contributed by atoms with Crippen molar-refractivity contribution >= 4 is 17.5 Å². The van der Waals surface area contributed by atoms with Gasteiger partial charge in [0.05, 0.1) is 24.9 Å². The van der Waals surface area contributed by atoms with Gasteiger partial charge in [-0.1, -0.05) is 37.6 Å². The van der Waals surface area contributed by atoms with Crippen LogP contribution in [0, 0.1) is 22.9 Å². The number of nitrogen functional groups attached to an aromatic ring is 1. The Hall–Kier alpha value is -4.00. The van der Waals surface area contributed by atoms with Crippen LogP contribution in [-0.4, -0.2) is 38.9 Å². The predicted octanol–water partition coefficient (Wildman–Crippen LogP) is 4.78. The number of nitrogens with one attached hydrogen (secondary N) is 1. The summed E-state index contributed by atoms with van der Waals surface area (Å²) in [4.78, 5) is 16.7. The molecule has 5 rings (SSSR count). The molecule has 3 N–H and O–H groups in total. The summed E-state index contributed by atoms with van der Waals surface area (Å²) in [6.45, 7) is 4.51. The average molecular weight is 587 g/mol. The fourth-order valence-electron chi connectivity index (χ4n) is 4.70. The van der Waals surface area contributed by atoms with Gasteiger partial charge in [0.15, 0.2) is 0 Å². The van der Waals surface area contributed by atoms with Crippen LogP contribution in [0.1, 0.15) is 47.5 Å². The van der Waals surface area contributed by atoms with Crippen molar-refractivity contribution in [2.45, 2.75) is 32.9 Å². The fraction of sp³-hybridized carbons (Fsp3) is 0.286. The van der Waals surface area contributed by atoms with E-state index >= 15 is 8.78 Å². The van der Waals surface area contributed by atoms with Crippen molar-refractivity contribution in [1.29, 1.82) is 0 Å². The van der Waals surface area contributed by atoms with Crippen molar-refractivity contribution in [3.63, 3.8) is 0 Å². The Kier molecular flexibility index (Phi) is 7.98. The molecule has 1 aliphatic rings. The monoisotopic (exact) mass is 586 g/mol. The molecule has 0 radical (unpaired) electrons. The molecule has 1 aliphatic heterocycles. The molecule has 2 aromatic heterocycles. The normalized spacial score (nSPS) is 16.1. The largest absolute Gasteiger partial charge is 0.473 e. The van der Waals surface area contributed by atoms with Gasteiger partial charge < -0.3 is 14.0 Å². The van der Waals surface area contributed by atoms with Crippen molar-refractivity contribution in [3.05, 3.63) is 93.8 Å². The Morgan fingerprint density at radius 1 is 1.12 bits per heavy atom. The summed E-state index contributed by atoms with van der Waals surface area (Å²) in [7, 11) is 0. The van der Waals surface area contributed by atoms with Gasteiger partial charge in [-0.3, -0.25) is 10.2 Å². The van der Waals surface area contributed by atoms with Crippen LogP contribution in [-0.2, 0) is 17.8 Å². The first-order valence-electron chi connectivity index (χ1n) is 12.6. The molecule has 4 aromatic rings. The zero-order valence-electron chi connectivity index (χ0n) is 22.1. The highest BCUT2D eigenvalue weighted by molar-refractivity contribution is 6.30. The van der Waals surface area contributed by atoms with Crippen molar-refractivity contribution in [2.24, 2.45) is 11.3 Å². The number of pyridine rings is 1. The number of amides is 1. The molecule has 2 aromatic carbocycles. The van der Waals surface area contributed by atoms with Crippen LogP contribution in [0.3, 0.4) is 0 Å². The number of nitrogens with two attached hydrogens (primary N) is 1. The van der Waals surface area contributed by atoms with E-state index in [1.54, 1.807) is 10.6 Å². The summed E-state index contributed by atoms with van der Waals surface area (Å²) >= 11 is 5.78. The minimum Gasteiger partial charge on any atom is -0.473 e. The number of hydrogen-bond donors (Lipinski definition) is 2. The maximum absolute atomic E-state index is 15.4. The Morgan fingerprint density at radius 3 is 2.61 bits per heavy atom. The molecule has 13 heteroatoms. The summed E-state index contributed by atoms with van der Waals surface area (Å²) in [5, 5.41) is 8.32. The van der Waals surface area contributed by atoms with Crippen LogP contribution in [0.5, 0.6) is 5.88 Å². The number of ether oxygens (including phenoxy) is 2. The van der Waals surface area contributed by atoms with Crippen LogP contribution in [0.2, 0.25) is 5.02 Å². The summed E-state index contributed by atoms with van der Waals surface area (Å²) in [6.07, 6.45) is -0.149. The highest BCUT2D eigenvalue weighted by atomic mass is 35.5. The minimum atomic E-state index is -0.731. The van der Waals surface area contributed by atoms with E-state index in [4.69, 9.17) is 26.9 Å². The van der Waals surface area contributed by atoms with Crippen LogP contribution < -0.4 is 16.0 Å². The first-order chi connectivity index (χ1) is 19.6. The lowest BCUT2D eigenvalue weighted by Gasteiger charge is -2.27. The Bertz CT molecular complexity index is 1610. The lowest BCUT2D eigenvalue weighted by molar-refractivity contribution is 0.0932. The van der Waals surface area contributed by atoms with E-state index in [9.17, 15) is 9.18 Å². The highest BCUT2D eigenvalue weighted by Gasteiger charge is 2.40. The fourth-order valence-corrected chi connectivity index (χ4v) is 4.86. The molecule has 1 atom stereocenters. The van der Waals surface area contributed by atoms with Crippen LogP contribution >= 0.6 is 11.6 Å². The van der Waals surface area contributed by atoms with E-state index in [2.05, 4.69) is 15.2 Å². The number of carbonyl (C=O) groups is 1. The third kappa shape index (κ3) is 5.90. The maximum Gasteiger partial charge on any atom is 0.303 e. The van der Waals surface area contributed by atoms with Crippen molar-refractivity contribution in [1.82, 2.24) is 25.2 Å². The van der Waals surface area contributed by atoms with Crippen LogP contribution in [0.15, 0.2) is 48.5 Å². The van der Waals surface area contributed by atoms with Gasteiger partial charge in [-0.15, -0.1) is 10.2 Å². The lowest BCUT2D eigenvalue weighted by Crippen LogP contribution is -2.36. The number of nitrogens with zero attached hydrogens (tertiary/aromatic N) is 4. The summed E-state index contributed by atoms with van der Waals surface area (Å²) < 4.78 is 57.6. The minimum absolute atomic E-state index is 0.00180. The lowest BCUT2D eigenvalue weighted by atomic mass is 9.87. The summed E-state index contributed by atoms with van der Waals surface area (Å²) in [5.74, 6) is 2.99. The van der Waals surface area contributed by atoms with Crippen molar-refractivity contribution < 1.29 is 27.4 Å². The number of benzene rings is 2. The molecule has 9 nitrogen and oxygen atoms in total. The Labute approximate surface area is 238 Å². The number of rotatable bonds is 8. The van der Waals surface area contributed by atoms with Gasteiger partial charge in [-0.25, -0.2) is 24.0 Å². The molecule has 1 saturated heterocycles. The number of hydrazine groups is 1. The molecule has 1 amide bonds. The standard InChI is InChI=1S/C28H26ClF3N6O3/c1-28(2)14-40-13-23(28)38-24(36-37-26(38)27(39)35-33)9-16-8-21(32)18(11-20(16)31)22-4-3-5-25(34-22)41-12-15-6-7-17(29)10-19(15)30/h3-8,10-11,23H,9,12-14,33H2,1-2H3,(H,35,39). The van der Waals surface area contributed by atoms with Gasteiger partial charge in [0.25, 0.3) is 0 Å². The molecular weight excluding hydrogens is 561 g/mol. The number of hydrogen-bond acceptors (Lipinski definition) is 7. The van der Waals surface area contributed by atoms with Crippen molar-refractivity contribution in [2.75, 3.05) is 13.2 Å². The third-order valence-electron chi connectivity index (χ3n) is 6.94. The number of carbonyl (C=O) groups excluding carboxylic acids is 1. The Morgan fingerprint density at radius 2 is 1.90 bits per heavy atom. The van der Waals surface area contributed by atoms with E-state index in [-0.39, 0.29) is 76.0 Å². The zero-order valence-corrected chi connectivity index (χ0v) is 22.9. The Balaban J connectivity index is 1.41. The molecule has 214 valence electrons. The molecule has 0 saturated carbocycles. The van der Waals surface area contributed by atoms with E-state index in [1.165, 1.54) is 30.3 Å². The first kappa shape index (κ1) is 28.5. The van der Waals surface area contributed by atoms with Crippen LogP contribution in [0.4, 0.5) is 13.2 Å². The van der Waals surface area contributed by atoms with E-state index in [1.807, 2.05) is 19.3 Å². The molecule has 3 heterocycles. The maximum atomic E-state index is 15.4. The quantitative estimate of drug-likeness (QED) is 0.173. The summed E-state index contributed by atoms with van der Waals surface area (Å²) in [5.41, 5.74) is 1.95. The smallest absolute Gasteiger partial charge is 0.303 e. The van der Waals surface area contributed by atoms with E-state index in [0.29, 0.717) is 6.61 Å². The van der Waals surface area contributed by atoms with Gasteiger partial charge in [0.2, 0.25) is 11.7 Å². The molecule has 0 bridgehead atoms. The zero-order chi connectivity index (χ0) is 29.3. The number of halogens is 4. The highest BCUT2D eigenvalue weighted by Crippen LogP contribution is 2.39. The SMILES string of the molecule is CC1(C)COCC1n1c(Cc2cc(F)c(-c3cccc(OCc4ccc(Cl)cc4F)n3)cc2F)nnc1C(=O)NN. The molecule has 0 spiro atoms. The van der Waals surface area contributed by atoms with Gasteiger partial charge in [0.1, 0.15) is 29.9 Å². The first-order valence-corrected chi connectivity index (χ1v) is 13.0. The topological polar surface area (TPSA) is 117 Å². The third-order valence-corrected chi connectivity index (χ3v) is 7.17. The molecule has 0 aliphatic carbocycles. The van der Waals surface area contributed by atoms with Gasteiger partial charge in [0, 0.05) is 34.1 Å². The van der Waals surface area contributed by atoms with Gasteiger partial charge in [-0.05, 0) is 35.9 Å². The second-order valence-electron chi connectivity index (χ2n) is 10.3. The van der Waals surface area contributed by atoms with E-state index < -0.39 is 23.4 Å². The second kappa shape index (κ2) is 11.5. The average Bonchev–Trinajstić information content (AvgIpc) is 3.51. The molecule has 1 unspecified atom stereocenters. The molecular formula is C28H26ClF3N6O3. The van der Waals surface area contributed by atoms with Crippen LogP contribution in [0.25, 0.3) is 11.3 Å². The second-order valence-corrected chi connectivity index (χ2v) is 10.7. The number of aromatic nitrogens is 4. The van der Waals surface area contributed by atoms with E-state index in [0.717, 1.165) is 12.1 Å². The summed E-state index contributed by atoms with van der Waals surface area (Å²) in [6, 6.07) is 10.5. The molecule has 41 heavy (non-hydrogen) atoms. The predicted molar refractivity (Wildman–Crippen MR) is 143 cm³/mol. The molecule has 1 fully saturated rings. The van der Waals surface area contributed by atoms with Crippen molar-refractivity contribution in [3.8, 4) is 17.1 Å².